The van der Waals surface area contributed by atoms with Crippen molar-refractivity contribution in [2.75, 3.05) is 0 Å². The molecule has 2 aliphatic carbocycles. The van der Waals surface area contributed by atoms with Gasteiger partial charge in [-0.3, -0.25) is 4.79 Å². The van der Waals surface area contributed by atoms with Crippen LogP contribution in [0.3, 0.4) is 0 Å². The zero-order valence-corrected chi connectivity index (χ0v) is 11.2. The third-order valence-corrected chi connectivity index (χ3v) is 4.88. The minimum Gasteiger partial charge on any atom is -0.349 e. The molecule has 1 amide bonds. The van der Waals surface area contributed by atoms with E-state index < -0.39 is 0 Å². The van der Waals surface area contributed by atoms with Crippen molar-refractivity contribution in [1.82, 2.24) is 5.32 Å². The van der Waals surface area contributed by atoms with Gasteiger partial charge in [0.25, 0.3) is 5.91 Å². The highest BCUT2D eigenvalue weighted by Gasteiger charge is 2.42. The molecule has 0 unspecified atom stereocenters. The largest absolute Gasteiger partial charge is 0.349 e. The summed E-state index contributed by atoms with van der Waals surface area (Å²) in [5.74, 6) is 1.75. The van der Waals surface area contributed by atoms with E-state index in [1.54, 1.807) is 12.1 Å². The van der Waals surface area contributed by atoms with Crippen LogP contribution in [0.15, 0.2) is 24.3 Å². The molecule has 0 radical (unpaired) electrons. The van der Waals surface area contributed by atoms with Crippen LogP contribution in [-0.4, -0.2) is 11.9 Å². The Bertz CT molecular complexity index is 487. The van der Waals surface area contributed by atoms with E-state index in [0.717, 1.165) is 11.8 Å². The topological polar surface area (TPSA) is 29.1 Å². The van der Waals surface area contributed by atoms with E-state index in [-0.39, 0.29) is 17.8 Å². The van der Waals surface area contributed by atoms with Gasteiger partial charge in [-0.1, -0.05) is 12.5 Å². The Morgan fingerprint density at radius 2 is 2.21 bits per heavy atom. The number of carbonyl (C=O) groups excluding carboxylic acids is 1. The van der Waals surface area contributed by atoms with Gasteiger partial charge < -0.3 is 5.32 Å². The fourth-order valence-electron chi connectivity index (χ4n) is 3.93. The number of carbonyl (C=O) groups is 1. The molecule has 3 heteroatoms. The molecule has 1 N–H and O–H groups in total. The molecule has 19 heavy (non-hydrogen) atoms. The van der Waals surface area contributed by atoms with Gasteiger partial charge in [0.2, 0.25) is 0 Å². The standard InChI is InChI=1S/C16H20FNO/c1-10(15-8-11-5-6-12(15)7-11)18-16(19)13-3-2-4-14(17)9-13/h2-4,9-12,15H,5-8H2,1H3,(H,18,19)/t10-,11-,12-,15+/m0/s1. The molecular formula is C16H20FNO. The number of fused-ring (bicyclic) bond motifs is 2. The van der Waals surface area contributed by atoms with E-state index in [4.69, 9.17) is 0 Å². The van der Waals surface area contributed by atoms with Crippen LogP contribution < -0.4 is 5.32 Å². The van der Waals surface area contributed by atoms with Gasteiger partial charge in [-0.25, -0.2) is 4.39 Å². The first-order valence-corrected chi connectivity index (χ1v) is 7.20. The molecule has 0 aliphatic heterocycles. The fraction of sp³-hybridized carbons (Fsp3) is 0.562. The summed E-state index contributed by atoms with van der Waals surface area (Å²) in [5.41, 5.74) is 0.412. The second kappa shape index (κ2) is 4.95. The van der Waals surface area contributed by atoms with Crippen molar-refractivity contribution in [3.8, 4) is 0 Å². The zero-order chi connectivity index (χ0) is 13.4. The van der Waals surface area contributed by atoms with Gasteiger partial charge in [0, 0.05) is 11.6 Å². The first-order chi connectivity index (χ1) is 9.13. The Labute approximate surface area is 113 Å². The van der Waals surface area contributed by atoms with Gasteiger partial charge in [-0.05, 0) is 62.1 Å². The van der Waals surface area contributed by atoms with Crippen LogP contribution in [0, 0.1) is 23.6 Å². The Morgan fingerprint density at radius 1 is 1.37 bits per heavy atom. The van der Waals surface area contributed by atoms with Gasteiger partial charge in [0.15, 0.2) is 0 Å². The lowest BCUT2D eigenvalue weighted by molar-refractivity contribution is 0.0915. The maximum absolute atomic E-state index is 13.1. The van der Waals surface area contributed by atoms with Crippen molar-refractivity contribution in [2.45, 2.75) is 38.6 Å². The van der Waals surface area contributed by atoms with Crippen LogP contribution >= 0.6 is 0 Å². The Morgan fingerprint density at radius 3 is 2.84 bits per heavy atom. The Balaban J connectivity index is 1.63. The molecule has 0 aromatic heterocycles. The van der Waals surface area contributed by atoms with Crippen LogP contribution in [-0.2, 0) is 0 Å². The van der Waals surface area contributed by atoms with Gasteiger partial charge in [0.1, 0.15) is 5.82 Å². The zero-order valence-electron chi connectivity index (χ0n) is 11.2. The van der Waals surface area contributed by atoms with Gasteiger partial charge in [0.05, 0.1) is 0 Å². The van der Waals surface area contributed by atoms with Crippen LogP contribution in [0.1, 0.15) is 43.0 Å². The van der Waals surface area contributed by atoms with Gasteiger partial charge >= 0.3 is 0 Å². The summed E-state index contributed by atoms with van der Waals surface area (Å²) in [5, 5.41) is 3.04. The quantitative estimate of drug-likeness (QED) is 0.888. The monoisotopic (exact) mass is 261 g/mol. The molecule has 1 aromatic rings. The minimum atomic E-state index is -0.361. The second-order valence-electron chi connectivity index (χ2n) is 6.11. The maximum Gasteiger partial charge on any atom is 0.251 e. The molecule has 2 nitrogen and oxygen atoms in total. The van der Waals surface area contributed by atoms with Crippen molar-refractivity contribution in [3.05, 3.63) is 35.6 Å². The second-order valence-corrected chi connectivity index (χ2v) is 6.11. The average molecular weight is 261 g/mol. The third-order valence-electron chi connectivity index (χ3n) is 4.88. The summed E-state index contributed by atoms with van der Waals surface area (Å²) < 4.78 is 13.1. The fourth-order valence-corrected chi connectivity index (χ4v) is 3.93. The molecule has 2 fully saturated rings. The van der Waals surface area contributed by atoms with E-state index in [0.29, 0.717) is 11.5 Å². The van der Waals surface area contributed by atoms with E-state index >= 15 is 0 Å². The van der Waals surface area contributed by atoms with E-state index in [1.165, 1.54) is 37.8 Å². The summed E-state index contributed by atoms with van der Waals surface area (Å²) in [6.45, 7) is 2.09. The Hall–Kier alpha value is -1.38. The maximum atomic E-state index is 13.1. The molecule has 0 heterocycles. The van der Waals surface area contributed by atoms with Crippen LogP contribution in [0.2, 0.25) is 0 Å². The summed E-state index contributed by atoms with van der Waals surface area (Å²) in [6.07, 6.45) is 5.27. The average Bonchev–Trinajstić information content (AvgIpc) is 3.00. The number of hydrogen-bond donors (Lipinski definition) is 1. The first kappa shape index (κ1) is 12.6. The normalized spacial score (nSPS) is 30.3. The lowest BCUT2D eigenvalue weighted by Crippen LogP contribution is -2.40. The minimum absolute atomic E-state index is 0.158. The SMILES string of the molecule is C[C@H](NC(=O)c1cccc(F)c1)[C@H]1C[C@H]2CC[C@H]1C2. The van der Waals surface area contributed by atoms with Crippen molar-refractivity contribution < 1.29 is 9.18 Å². The molecule has 0 spiro atoms. The van der Waals surface area contributed by atoms with Crippen molar-refractivity contribution in [3.63, 3.8) is 0 Å². The Kier molecular flexibility index (Phi) is 3.29. The van der Waals surface area contributed by atoms with E-state index in [9.17, 15) is 9.18 Å². The number of nitrogens with one attached hydrogen (secondary N) is 1. The molecule has 0 saturated heterocycles. The summed E-state index contributed by atoms with van der Waals surface area (Å²) in [7, 11) is 0. The molecule has 2 saturated carbocycles. The summed E-state index contributed by atoms with van der Waals surface area (Å²) >= 11 is 0. The molecular weight excluding hydrogens is 241 g/mol. The first-order valence-electron chi connectivity index (χ1n) is 7.20. The van der Waals surface area contributed by atoms with Gasteiger partial charge in [-0.2, -0.15) is 0 Å². The van der Waals surface area contributed by atoms with E-state index in [1.807, 2.05) is 0 Å². The highest BCUT2D eigenvalue weighted by molar-refractivity contribution is 5.94. The molecule has 2 aliphatic rings. The number of halogens is 1. The lowest BCUT2D eigenvalue weighted by Gasteiger charge is -2.28. The van der Waals surface area contributed by atoms with Crippen molar-refractivity contribution in [1.29, 1.82) is 0 Å². The molecule has 102 valence electrons. The number of rotatable bonds is 3. The molecule has 2 bridgehead atoms. The highest BCUT2D eigenvalue weighted by Crippen LogP contribution is 2.49. The predicted octanol–water partition coefficient (Wildman–Crippen LogP) is 3.38. The number of amides is 1. The van der Waals surface area contributed by atoms with Crippen molar-refractivity contribution in [2.24, 2.45) is 17.8 Å². The number of benzene rings is 1. The van der Waals surface area contributed by atoms with Crippen LogP contribution in [0.25, 0.3) is 0 Å². The number of hydrogen-bond acceptors (Lipinski definition) is 1. The highest BCUT2D eigenvalue weighted by atomic mass is 19.1. The van der Waals surface area contributed by atoms with Crippen LogP contribution in [0.5, 0.6) is 0 Å². The van der Waals surface area contributed by atoms with Crippen LogP contribution in [0.4, 0.5) is 4.39 Å². The summed E-state index contributed by atoms with van der Waals surface area (Å²) in [6, 6.07) is 6.07. The predicted molar refractivity (Wildman–Crippen MR) is 72.3 cm³/mol. The molecule has 1 aromatic carbocycles. The molecule has 3 rings (SSSR count). The third kappa shape index (κ3) is 2.51. The summed E-state index contributed by atoms with van der Waals surface area (Å²) in [4.78, 5) is 12.1. The van der Waals surface area contributed by atoms with E-state index in [2.05, 4.69) is 12.2 Å². The smallest absolute Gasteiger partial charge is 0.251 e. The van der Waals surface area contributed by atoms with Crippen molar-refractivity contribution >= 4 is 5.91 Å². The lowest BCUT2D eigenvalue weighted by atomic mass is 9.84. The molecule has 4 atom stereocenters. The van der Waals surface area contributed by atoms with Gasteiger partial charge in [-0.15, -0.1) is 0 Å².